The Labute approximate surface area is 78.5 Å². The van der Waals surface area contributed by atoms with Crippen molar-refractivity contribution >= 4 is 17.5 Å². The molecule has 0 spiro atoms. The van der Waals surface area contributed by atoms with Crippen LogP contribution in [0.4, 0.5) is 0 Å². The van der Waals surface area contributed by atoms with Crippen LogP contribution < -0.4 is 5.43 Å². The molecule has 2 nitrogen and oxygen atoms in total. The molecular weight excluding hydrogens is 168 g/mol. The van der Waals surface area contributed by atoms with Crippen molar-refractivity contribution in [2.75, 3.05) is 18.1 Å². The molecule has 12 heavy (non-hydrogen) atoms. The van der Waals surface area contributed by atoms with Crippen LogP contribution in [-0.2, 0) is 0 Å². The molecule has 0 unspecified atom stereocenters. The Morgan fingerprint density at radius 3 is 3.17 bits per heavy atom. The lowest BCUT2D eigenvalue weighted by molar-refractivity contribution is 0.788. The highest BCUT2D eigenvalue weighted by Gasteiger charge is 2.05. The topological polar surface area (TPSA) is 24.4 Å². The fourth-order valence-electron chi connectivity index (χ4n) is 1.01. The molecular formula is C9H16N2S. The van der Waals surface area contributed by atoms with Crippen LogP contribution in [0.2, 0.25) is 0 Å². The minimum absolute atomic E-state index is 0.800. The lowest BCUT2D eigenvalue weighted by Gasteiger charge is -2.12. The highest BCUT2D eigenvalue weighted by molar-refractivity contribution is 8.00. The van der Waals surface area contributed by atoms with Crippen molar-refractivity contribution in [3.63, 3.8) is 0 Å². The quantitative estimate of drug-likeness (QED) is 0.536. The smallest absolute Gasteiger partial charge is 0.0534 e. The van der Waals surface area contributed by atoms with E-state index in [0.717, 1.165) is 24.3 Å². The normalized spacial score (nSPS) is 20.9. The van der Waals surface area contributed by atoms with E-state index in [0.29, 0.717) is 0 Å². The van der Waals surface area contributed by atoms with Gasteiger partial charge in [-0.3, -0.25) is 0 Å². The number of rotatable bonds is 3. The first-order valence-corrected chi connectivity index (χ1v) is 5.45. The zero-order valence-electron chi connectivity index (χ0n) is 7.60. The van der Waals surface area contributed by atoms with Crippen molar-refractivity contribution in [3.8, 4) is 0 Å². The van der Waals surface area contributed by atoms with Crippen molar-refractivity contribution in [3.05, 3.63) is 12.2 Å². The van der Waals surface area contributed by atoms with Crippen LogP contribution in [0, 0.1) is 0 Å². The standard InChI is InChI=1S/C9H16N2S/c1-8(2)6-10-11-9-4-3-5-12-7-9/h10H,1,3-7H2,2H3/b11-9-. The highest BCUT2D eigenvalue weighted by Crippen LogP contribution is 2.13. The molecule has 1 saturated heterocycles. The van der Waals surface area contributed by atoms with E-state index in [-0.39, 0.29) is 0 Å². The molecule has 0 saturated carbocycles. The maximum atomic E-state index is 4.31. The maximum Gasteiger partial charge on any atom is 0.0534 e. The van der Waals surface area contributed by atoms with Gasteiger partial charge in [0.05, 0.1) is 6.54 Å². The van der Waals surface area contributed by atoms with Gasteiger partial charge in [-0.15, -0.1) is 0 Å². The van der Waals surface area contributed by atoms with Crippen LogP contribution in [0.25, 0.3) is 0 Å². The molecule has 3 heteroatoms. The number of hydrogen-bond donors (Lipinski definition) is 1. The second-order valence-corrected chi connectivity index (χ2v) is 4.23. The van der Waals surface area contributed by atoms with E-state index >= 15 is 0 Å². The number of hydrazone groups is 1. The molecule has 0 aliphatic carbocycles. The third kappa shape index (κ3) is 3.81. The molecule has 1 heterocycles. The average molecular weight is 184 g/mol. The van der Waals surface area contributed by atoms with Gasteiger partial charge >= 0.3 is 0 Å². The van der Waals surface area contributed by atoms with Gasteiger partial charge in [0.1, 0.15) is 0 Å². The average Bonchev–Trinajstić information content (AvgIpc) is 2.05. The van der Waals surface area contributed by atoms with Gasteiger partial charge in [-0.05, 0) is 25.5 Å². The third-order valence-electron chi connectivity index (χ3n) is 1.64. The summed E-state index contributed by atoms with van der Waals surface area (Å²) in [5, 5.41) is 4.31. The first kappa shape index (κ1) is 9.65. The predicted molar refractivity (Wildman–Crippen MR) is 56.8 cm³/mol. The Bertz CT molecular complexity index is 179. The van der Waals surface area contributed by atoms with E-state index in [2.05, 4.69) is 17.1 Å². The van der Waals surface area contributed by atoms with Crippen LogP contribution in [0.15, 0.2) is 17.3 Å². The van der Waals surface area contributed by atoms with E-state index in [9.17, 15) is 0 Å². The molecule has 1 aliphatic heterocycles. The molecule has 0 amide bonds. The van der Waals surface area contributed by atoms with E-state index < -0.39 is 0 Å². The van der Waals surface area contributed by atoms with Crippen LogP contribution in [0.5, 0.6) is 0 Å². The number of thioether (sulfide) groups is 1. The van der Waals surface area contributed by atoms with Crippen molar-refractivity contribution < 1.29 is 0 Å². The summed E-state index contributed by atoms with van der Waals surface area (Å²) in [7, 11) is 0. The first-order valence-electron chi connectivity index (χ1n) is 4.29. The van der Waals surface area contributed by atoms with Crippen LogP contribution in [0.1, 0.15) is 19.8 Å². The van der Waals surface area contributed by atoms with Gasteiger partial charge in [-0.25, -0.2) is 0 Å². The van der Waals surface area contributed by atoms with Gasteiger partial charge in [0, 0.05) is 11.5 Å². The fraction of sp³-hybridized carbons (Fsp3) is 0.667. The Hall–Kier alpha value is -0.440. The largest absolute Gasteiger partial charge is 0.306 e. The summed E-state index contributed by atoms with van der Waals surface area (Å²) in [6.45, 7) is 6.60. The Kier molecular flexibility index (Phi) is 4.22. The maximum absolute atomic E-state index is 4.31. The minimum atomic E-state index is 0.800. The second-order valence-electron chi connectivity index (χ2n) is 3.13. The molecule has 0 aromatic rings. The van der Waals surface area contributed by atoms with E-state index in [1.165, 1.54) is 17.9 Å². The van der Waals surface area contributed by atoms with Gasteiger partial charge in [-0.2, -0.15) is 16.9 Å². The summed E-state index contributed by atoms with van der Waals surface area (Å²) in [5.74, 6) is 2.39. The van der Waals surface area contributed by atoms with Crippen LogP contribution in [-0.4, -0.2) is 23.8 Å². The van der Waals surface area contributed by atoms with Crippen LogP contribution >= 0.6 is 11.8 Å². The molecule has 1 fully saturated rings. The SMILES string of the molecule is C=C(C)CN/N=C1/CCCSC1. The number of hydrogen-bond acceptors (Lipinski definition) is 3. The summed E-state index contributed by atoms with van der Waals surface area (Å²) in [6.07, 6.45) is 2.44. The molecule has 0 aromatic carbocycles. The Morgan fingerprint density at radius 2 is 2.58 bits per heavy atom. The highest BCUT2D eigenvalue weighted by atomic mass is 32.2. The van der Waals surface area contributed by atoms with Gasteiger partial charge in [0.15, 0.2) is 0 Å². The second kappa shape index (κ2) is 5.25. The Balaban J connectivity index is 2.20. The Morgan fingerprint density at radius 1 is 1.75 bits per heavy atom. The molecule has 1 aliphatic rings. The van der Waals surface area contributed by atoms with E-state index in [1.807, 2.05) is 18.7 Å². The predicted octanol–water partition coefficient (Wildman–Crippen LogP) is 2.04. The monoisotopic (exact) mass is 184 g/mol. The summed E-state index contributed by atoms with van der Waals surface area (Å²) in [4.78, 5) is 0. The molecule has 68 valence electrons. The van der Waals surface area contributed by atoms with Gasteiger partial charge in [0.25, 0.3) is 0 Å². The van der Waals surface area contributed by atoms with Crippen molar-refractivity contribution in [2.24, 2.45) is 5.10 Å². The molecule has 0 bridgehead atoms. The van der Waals surface area contributed by atoms with Gasteiger partial charge < -0.3 is 5.43 Å². The fourth-order valence-corrected chi connectivity index (χ4v) is 1.95. The summed E-state index contributed by atoms with van der Waals surface area (Å²) in [6, 6.07) is 0. The van der Waals surface area contributed by atoms with Crippen molar-refractivity contribution in [2.45, 2.75) is 19.8 Å². The summed E-state index contributed by atoms with van der Waals surface area (Å²) < 4.78 is 0. The summed E-state index contributed by atoms with van der Waals surface area (Å²) >= 11 is 1.97. The lowest BCUT2D eigenvalue weighted by Crippen LogP contribution is -2.16. The molecule has 0 radical (unpaired) electrons. The molecule has 0 aromatic heterocycles. The van der Waals surface area contributed by atoms with E-state index in [4.69, 9.17) is 0 Å². The number of nitrogens with zero attached hydrogens (tertiary/aromatic N) is 1. The first-order chi connectivity index (χ1) is 5.79. The summed E-state index contributed by atoms with van der Waals surface area (Å²) in [5.41, 5.74) is 5.46. The number of nitrogens with one attached hydrogen (secondary N) is 1. The zero-order valence-corrected chi connectivity index (χ0v) is 8.41. The lowest BCUT2D eigenvalue weighted by atomic mass is 10.2. The van der Waals surface area contributed by atoms with Gasteiger partial charge in [-0.1, -0.05) is 12.2 Å². The molecule has 0 atom stereocenters. The third-order valence-corrected chi connectivity index (χ3v) is 2.76. The van der Waals surface area contributed by atoms with Gasteiger partial charge in [0.2, 0.25) is 0 Å². The van der Waals surface area contributed by atoms with Crippen molar-refractivity contribution in [1.82, 2.24) is 5.43 Å². The van der Waals surface area contributed by atoms with Crippen LogP contribution in [0.3, 0.4) is 0 Å². The van der Waals surface area contributed by atoms with E-state index in [1.54, 1.807) is 0 Å². The molecule has 1 rings (SSSR count). The zero-order chi connectivity index (χ0) is 8.81. The minimum Gasteiger partial charge on any atom is -0.306 e. The van der Waals surface area contributed by atoms with Crippen molar-refractivity contribution in [1.29, 1.82) is 0 Å². The molecule has 1 N–H and O–H groups in total.